The van der Waals surface area contributed by atoms with E-state index in [0.717, 1.165) is 17.3 Å². The van der Waals surface area contributed by atoms with Gasteiger partial charge in [0.1, 0.15) is 5.69 Å². The number of benzene rings is 1. The van der Waals surface area contributed by atoms with Gasteiger partial charge in [-0.05, 0) is 37.6 Å². The Labute approximate surface area is 160 Å². The molecule has 0 radical (unpaired) electrons. The van der Waals surface area contributed by atoms with Crippen molar-refractivity contribution < 1.29 is 13.2 Å². The Morgan fingerprint density at radius 1 is 1.11 bits per heavy atom. The normalized spacial score (nSPS) is 14.0. The predicted molar refractivity (Wildman–Crippen MR) is 102 cm³/mol. The Morgan fingerprint density at radius 2 is 1.86 bits per heavy atom. The molecule has 0 atom stereocenters. The molecular formula is C21H19F3N4. The highest BCUT2D eigenvalue weighted by atomic mass is 19.4. The quantitative estimate of drug-likeness (QED) is 0.691. The number of aromatic nitrogens is 4. The van der Waals surface area contributed by atoms with Crippen LogP contribution in [0.15, 0.2) is 48.1 Å². The summed E-state index contributed by atoms with van der Waals surface area (Å²) in [6.07, 6.45) is -0.567. The first kappa shape index (κ1) is 18.3. The maximum absolute atomic E-state index is 12.9. The Kier molecular flexibility index (Phi) is 4.45. The molecule has 28 heavy (non-hydrogen) atoms. The summed E-state index contributed by atoms with van der Waals surface area (Å²) in [5.41, 5.74) is 4.51. The number of halogens is 3. The highest BCUT2D eigenvalue weighted by Gasteiger charge is 2.32. The molecule has 4 nitrogen and oxygen atoms in total. The van der Waals surface area contributed by atoms with Crippen molar-refractivity contribution in [3.05, 3.63) is 76.3 Å². The fourth-order valence-electron chi connectivity index (χ4n) is 3.15. The number of H-pyrrole nitrogens is 1. The Bertz CT molecular complexity index is 1070. The minimum atomic E-state index is -4.35. The second kappa shape index (κ2) is 6.82. The topological polar surface area (TPSA) is 46.5 Å². The second-order valence-corrected chi connectivity index (χ2v) is 6.96. The van der Waals surface area contributed by atoms with E-state index >= 15 is 0 Å². The molecule has 1 N–H and O–H groups in total. The van der Waals surface area contributed by atoms with Crippen molar-refractivity contribution in [2.24, 2.45) is 0 Å². The SMILES string of the molecule is Cc1ccc(Cn2nc(-c3nc4c([nH]3)CC=C(C(F)(F)F)C=C4)cc2C)cc1. The minimum Gasteiger partial charge on any atom is -0.340 e. The molecule has 0 aliphatic heterocycles. The number of aryl methyl sites for hydroxylation is 2. The molecule has 1 aliphatic rings. The molecule has 2 aromatic heterocycles. The third-order valence-electron chi connectivity index (χ3n) is 4.76. The molecular weight excluding hydrogens is 365 g/mol. The number of fused-ring (bicyclic) bond motifs is 1. The van der Waals surface area contributed by atoms with Crippen molar-refractivity contribution >= 4 is 6.08 Å². The average molecular weight is 384 g/mol. The van der Waals surface area contributed by atoms with Crippen molar-refractivity contribution in [2.75, 3.05) is 0 Å². The van der Waals surface area contributed by atoms with Crippen LogP contribution in [0.3, 0.4) is 0 Å². The zero-order chi connectivity index (χ0) is 19.9. The number of allylic oxidation sites excluding steroid dienone is 3. The van der Waals surface area contributed by atoms with E-state index in [2.05, 4.69) is 39.3 Å². The van der Waals surface area contributed by atoms with Crippen LogP contribution in [-0.4, -0.2) is 25.9 Å². The smallest absolute Gasteiger partial charge is 0.340 e. The van der Waals surface area contributed by atoms with Gasteiger partial charge in [0.25, 0.3) is 0 Å². The summed E-state index contributed by atoms with van der Waals surface area (Å²) in [6.45, 7) is 4.66. The lowest BCUT2D eigenvalue weighted by atomic mass is 10.1. The maximum Gasteiger partial charge on any atom is 0.416 e. The predicted octanol–water partition coefficient (Wildman–Crippen LogP) is 5.00. The van der Waals surface area contributed by atoms with Crippen LogP contribution in [0.4, 0.5) is 13.2 Å². The number of nitrogens with zero attached hydrogens (tertiary/aromatic N) is 3. The van der Waals surface area contributed by atoms with Crippen LogP contribution in [0.1, 0.15) is 28.2 Å². The summed E-state index contributed by atoms with van der Waals surface area (Å²) in [4.78, 5) is 7.58. The lowest BCUT2D eigenvalue weighted by Gasteiger charge is -2.05. The first-order chi connectivity index (χ1) is 13.3. The van der Waals surface area contributed by atoms with E-state index in [0.29, 0.717) is 29.5 Å². The molecule has 0 saturated carbocycles. The molecule has 0 unspecified atom stereocenters. The Hall–Kier alpha value is -3.09. The van der Waals surface area contributed by atoms with Crippen molar-refractivity contribution in [3.8, 4) is 11.5 Å². The third-order valence-corrected chi connectivity index (χ3v) is 4.76. The van der Waals surface area contributed by atoms with E-state index in [4.69, 9.17) is 0 Å². The van der Waals surface area contributed by atoms with Crippen molar-refractivity contribution in [1.29, 1.82) is 0 Å². The van der Waals surface area contributed by atoms with Gasteiger partial charge in [0.05, 0.1) is 17.8 Å². The molecule has 0 amide bonds. The largest absolute Gasteiger partial charge is 0.416 e. The molecule has 144 valence electrons. The van der Waals surface area contributed by atoms with Crippen LogP contribution in [0.25, 0.3) is 17.6 Å². The number of aromatic amines is 1. The fourth-order valence-corrected chi connectivity index (χ4v) is 3.15. The molecule has 0 saturated heterocycles. The molecule has 1 aliphatic carbocycles. The number of alkyl halides is 3. The minimum absolute atomic E-state index is 0.146. The summed E-state index contributed by atoms with van der Waals surface area (Å²) in [5.74, 6) is 0.560. The van der Waals surface area contributed by atoms with Crippen LogP contribution in [-0.2, 0) is 13.0 Å². The monoisotopic (exact) mass is 384 g/mol. The molecule has 0 fully saturated rings. The van der Waals surface area contributed by atoms with E-state index in [1.165, 1.54) is 17.7 Å². The molecule has 4 rings (SSSR count). The van der Waals surface area contributed by atoms with Crippen LogP contribution in [0.2, 0.25) is 0 Å². The molecule has 0 spiro atoms. The van der Waals surface area contributed by atoms with Gasteiger partial charge >= 0.3 is 6.18 Å². The van der Waals surface area contributed by atoms with E-state index in [1.807, 2.05) is 24.6 Å². The number of hydrogen-bond donors (Lipinski definition) is 1. The van der Waals surface area contributed by atoms with Gasteiger partial charge in [-0.2, -0.15) is 18.3 Å². The van der Waals surface area contributed by atoms with Gasteiger partial charge in [-0.1, -0.05) is 35.9 Å². The standard InChI is InChI=1S/C21H19F3N4/c1-13-3-5-15(6-4-13)12-28-14(2)11-19(27-28)20-25-17-9-7-16(21(22,23)24)8-10-18(17)26-20/h3-9,11H,10,12H2,1-2H3,(H,25,26). The van der Waals surface area contributed by atoms with Crippen molar-refractivity contribution in [3.63, 3.8) is 0 Å². The van der Waals surface area contributed by atoms with Crippen LogP contribution in [0, 0.1) is 13.8 Å². The summed E-state index contributed by atoms with van der Waals surface area (Å²) >= 11 is 0. The summed E-state index contributed by atoms with van der Waals surface area (Å²) in [5, 5.41) is 4.62. The molecule has 3 aromatic rings. The number of hydrogen-bond acceptors (Lipinski definition) is 2. The Morgan fingerprint density at radius 3 is 2.57 bits per heavy atom. The lowest BCUT2D eigenvalue weighted by molar-refractivity contribution is -0.0883. The summed E-state index contributed by atoms with van der Waals surface area (Å²) < 4.78 is 40.5. The summed E-state index contributed by atoms with van der Waals surface area (Å²) in [7, 11) is 0. The molecule has 1 aromatic carbocycles. The first-order valence-corrected chi connectivity index (χ1v) is 8.94. The van der Waals surface area contributed by atoms with Crippen molar-refractivity contribution in [2.45, 2.75) is 33.0 Å². The van der Waals surface area contributed by atoms with Gasteiger partial charge in [-0.3, -0.25) is 4.68 Å². The Balaban J connectivity index is 1.58. The molecule has 0 bridgehead atoms. The summed E-state index contributed by atoms with van der Waals surface area (Å²) in [6, 6.07) is 10.2. The van der Waals surface area contributed by atoms with Crippen LogP contribution in [0.5, 0.6) is 0 Å². The second-order valence-electron chi connectivity index (χ2n) is 6.96. The third kappa shape index (κ3) is 3.65. The van der Waals surface area contributed by atoms with E-state index in [9.17, 15) is 13.2 Å². The van der Waals surface area contributed by atoms with E-state index in [-0.39, 0.29) is 6.42 Å². The highest BCUT2D eigenvalue weighted by Crippen LogP contribution is 2.30. The zero-order valence-corrected chi connectivity index (χ0v) is 15.5. The van der Waals surface area contributed by atoms with Gasteiger partial charge < -0.3 is 4.98 Å². The number of rotatable bonds is 3. The zero-order valence-electron chi connectivity index (χ0n) is 15.5. The van der Waals surface area contributed by atoms with Crippen LogP contribution >= 0.6 is 0 Å². The number of nitrogens with one attached hydrogen (secondary N) is 1. The lowest BCUT2D eigenvalue weighted by Crippen LogP contribution is -2.09. The van der Waals surface area contributed by atoms with Gasteiger partial charge in [-0.15, -0.1) is 0 Å². The van der Waals surface area contributed by atoms with Gasteiger partial charge in [0.2, 0.25) is 0 Å². The van der Waals surface area contributed by atoms with Gasteiger partial charge in [0.15, 0.2) is 5.82 Å². The number of imidazole rings is 1. The van der Waals surface area contributed by atoms with Gasteiger partial charge in [0, 0.05) is 17.8 Å². The van der Waals surface area contributed by atoms with Gasteiger partial charge in [-0.25, -0.2) is 4.98 Å². The average Bonchev–Trinajstić information content (AvgIpc) is 3.13. The van der Waals surface area contributed by atoms with Crippen molar-refractivity contribution in [1.82, 2.24) is 19.7 Å². The fraction of sp³-hybridized carbons (Fsp3) is 0.238. The van der Waals surface area contributed by atoms with Crippen LogP contribution < -0.4 is 0 Å². The van der Waals surface area contributed by atoms with E-state index in [1.54, 1.807) is 0 Å². The molecule has 7 heteroatoms. The molecule has 2 heterocycles. The first-order valence-electron chi connectivity index (χ1n) is 8.94. The highest BCUT2D eigenvalue weighted by molar-refractivity contribution is 5.60. The maximum atomic E-state index is 12.9. The van der Waals surface area contributed by atoms with E-state index < -0.39 is 11.7 Å².